The van der Waals surface area contributed by atoms with Gasteiger partial charge < -0.3 is 10.8 Å². The van der Waals surface area contributed by atoms with Gasteiger partial charge in [-0.3, -0.25) is 0 Å². The highest BCUT2D eigenvalue weighted by atomic mass is 32.1. The van der Waals surface area contributed by atoms with Crippen molar-refractivity contribution in [3.05, 3.63) is 15.6 Å². The van der Waals surface area contributed by atoms with Crippen molar-refractivity contribution in [2.45, 2.75) is 33.1 Å². The first-order chi connectivity index (χ1) is 7.45. The van der Waals surface area contributed by atoms with E-state index in [1.165, 1.54) is 11.3 Å². The van der Waals surface area contributed by atoms with Gasteiger partial charge in [0.2, 0.25) is 0 Å². The van der Waals surface area contributed by atoms with Crippen LogP contribution in [0.5, 0.6) is 0 Å². The van der Waals surface area contributed by atoms with Gasteiger partial charge in [-0.1, -0.05) is 20.8 Å². The second kappa shape index (κ2) is 5.41. The molecule has 0 amide bonds. The molecule has 0 saturated carbocycles. The van der Waals surface area contributed by atoms with E-state index in [1.54, 1.807) is 0 Å². The molecule has 1 aromatic heterocycles. The van der Waals surface area contributed by atoms with Crippen LogP contribution in [0.15, 0.2) is 0 Å². The molecular weight excluding hydrogens is 224 g/mol. The lowest BCUT2D eigenvalue weighted by atomic mass is 10.1. The third kappa shape index (κ3) is 3.02. The average Bonchev–Trinajstić information content (AvgIpc) is 2.59. The van der Waals surface area contributed by atoms with E-state index >= 15 is 0 Å². The summed E-state index contributed by atoms with van der Waals surface area (Å²) in [5.74, 6) is -0.353. The third-order valence-corrected chi connectivity index (χ3v) is 3.60. The van der Waals surface area contributed by atoms with Gasteiger partial charge in [0.25, 0.3) is 0 Å². The Balaban J connectivity index is 3.04. The minimum Gasteiger partial charge on any atom is -0.477 e. The summed E-state index contributed by atoms with van der Waals surface area (Å²) in [5, 5.41) is 9.91. The van der Waals surface area contributed by atoms with Crippen molar-refractivity contribution < 1.29 is 9.90 Å². The van der Waals surface area contributed by atoms with E-state index in [2.05, 4.69) is 18.8 Å². The van der Waals surface area contributed by atoms with E-state index in [-0.39, 0.29) is 5.92 Å². The summed E-state index contributed by atoms with van der Waals surface area (Å²) < 4.78 is 0. The Hall–Kier alpha value is -0.940. The predicted octanol–water partition coefficient (Wildman–Crippen LogP) is 2.10. The van der Waals surface area contributed by atoms with E-state index in [0.717, 1.165) is 5.01 Å². The van der Waals surface area contributed by atoms with Gasteiger partial charge in [0.05, 0.1) is 10.7 Å². The summed E-state index contributed by atoms with van der Waals surface area (Å²) in [5.41, 5.74) is 6.26. The smallest absolute Gasteiger partial charge is 0.347 e. The minimum atomic E-state index is -0.886. The number of aromatic nitrogens is 1. The predicted molar refractivity (Wildman–Crippen MR) is 65.1 cm³/mol. The number of thiazole rings is 1. The summed E-state index contributed by atoms with van der Waals surface area (Å²) in [6, 6.07) is 0. The SMILES string of the molecule is CC(C)Cc1nc(C(C)CN)sc1C(=O)O. The molecule has 1 aromatic rings. The van der Waals surface area contributed by atoms with Gasteiger partial charge in [-0.2, -0.15) is 0 Å². The molecule has 3 N–H and O–H groups in total. The van der Waals surface area contributed by atoms with Gasteiger partial charge >= 0.3 is 5.97 Å². The maximum absolute atomic E-state index is 11.1. The molecule has 1 unspecified atom stereocenters. The van der Waals surface area contributed by atoms with Gasteiger partial charge in [0.15, 0.2) is 0 Å². The summed E-state index contributed by atoms with van der Waals surface area (Å²) in [7, 11) is 0. The molecule has 0 bridgehead atoms. The number of carboxylic acid groups (broad SMARTS) is 1. The minimum absolute atomic E-state index is 0.129. The van der Waals surface area contributed by atoms with Crippen molar-refractivity contribution in [1.29, 1.82) is 0 Å². The molecule has 0 aromatic carbocycles. The standard InChI is InChI=1S/C11H18N2O2S/c1-6(2)4-8-9(11(14)15)16-10(13-8)7(3)5-12/h6-7H,4-5,12H2,1-3H3,(H,14,15). The van der Waals surface area contributed by atoms with Gasteiger partial charge in [0.1, 0.15) is 4.88 Å². The van der Waals surface area contributed by atoms with Crippen molar-refractivity contribution in [3.8, 4) is 0 Å². The Morgan fingerprint density at radius 3 is 2.56 bits per heavy atom. The molecule has 4 nitrogen and oxygen atoms in total. The molecule has 16 heavy (non-hydrogen) atoms. The van der Waals surface area contributed by atoms with Gasteiger partial charge in [-0.25, -0.2) is 9.78 Å². The first-order valence-electron chi connectivity index (χ1n) is 5.38. The summed E-state index contributed by atoms with van der Waals surface area (Å²) in [6.45, 7) is 6.56. The fourth-order valence-corrected chi connectivity index (χ4v) is 2.37. The van der Waals surface area contributed by atoms with Gasteiger partial charge in [-0.05, 0) is 12.3 Å². The molecule has 0 radical (unpaired) electrons. The first kappa shape index (κ1) is 13.1. The van der Waals surface area contributed by atoms with E-state index < -0.39 is 5.97 Å². The summed E-state index contributed by atoms with van der Waals surface area (Å²) >= 11 is 1.25. The van der Waals surface area contributed by atoms with Crippen LogP contribution in [0.4, 0.5) is 0 Å². The summed E-state index contributed by atoms with van der Waals surface area (Å²) in [4.78, 5) is 15.8. The quantitative estimate of drug-likeness (QED) is 0.829. The Kier molecular flexibility index (Phi) is 4.44. The lowest BCUT2D eigenvalue weighted by molar-refractivity contribution is 0.0700. The number of hydrogen-bond acceptors (Lipinski definition) is 4. The van der Waals surface area contributed by atoms with Gasteiger partial charge in [-0.15, -0.1) is 11.3 Å². The molecule has 5 heteroatoms. The van der Waals surface area contributed by atoms with Gasteiger partial charge in [0, 0.05) is 12.5 Å². The average molecular weight is 242 g/mol. The highest BCUT2D eigenvalue weighted by Crippen LogP contribution is 2.26. The fourth-order valence-electron chi connectivity index (χ4n) is 1.37. The van der Waals surface area contributed by atoms with Crippen LogP contribution in [0.2, 0.25) is 0 Å². The van der Waals surface area contributed by atoms with Crippen LogP contribution < -0.4 is 5.73 Å². The third-order valence-electron chi connectivity index (χ3n) is 2.28. The maximum atomic E-state index is 11.1. The van der Waals surface area contributed by atoms with Crippen LogP contribution in [0.1, 0.15) is 47.1 Å². The van der Waals surface area contributed by atoms with Crippen LogP contribution in [-0.4, -0.2) is 22.6 Å². The van der Waals surface area contributed by atoms with Crippen molar-refractivity contribution >= 4 is 17.3 Å². The van der Waals surface area contributed by atoms with E-state index in [0.29, 0.717) is 29.5 Å². The number of carbonyl (C=O) groups is 1. The second-order valence-corrected chi connectivity index (χ2v) is 5.40. The number of nitrogens with two attached hydrogens (primary N) is 1. The molecule has 1 atom stereocenters. The molecule has 0 saturated heterocycles. The molecule has 0 spiro atoms. The second-order valence-electron chi connectivity index (χ2n) is 4.37. The van der Waals surface area contributed by atoms with E-state index in [4.69, 9.17) is 10.8 Å². The molecule has 0 aliphatic carbocycles. The van der Waals surface area contributed by atoms with Crippen LogP contribution >= 0.6 is 11.3 Å². The molecule has 0 fully saturated rings. The Labute approximate surface area is 99.5 Å². The zero-order valence-electron chi connectivity index (χ0n) is 9.86. The molecule has 0 aliphatic heterocycles. The Bertz CT molecular complexity index is 374. The largest absolute Gasteiger partial charge is 0.477 e. The van der Waals surface area contributed by atoms with E-state index in [1.807, 2.05) is 6.92 Å². The van der Waals surface area contributed by atoms with Crippen LogP contribution in [0, 0.1) is 5.92 Å². The van der Waals surface area contributed by atoms with Crippen molar-refractivity contribution in [2.75, 3.05) is 6.54 Å². The Morgan fingerprint density at radius 2 is 2.12 bits per heavy atom. The molecular formula is C11H18N2O2S. The molecule has 1 rings (SSSR count). The highest BCUT2D eigenvalue weighted by molar-refractivity contribution is 7.13. The fraction of sp³-hybridized carbons (Fsp3) is 0.636. The first-order valence-corrected chi connectivity index (χ1v) is 6.20. The number of aromatic carboxylic acids is 1. The number of hydrogen-bond donors (Lipinski definition) is 2. The lowest BCUT2D eigenvalue weighted by Crippen LogP contribution is -2.08. The Morgan fingerprint density at radius 1 is 1.50 bits per heavy atom. The van der Waals surface area contributed by atoms with E-state index in [9.17, 15) is 4.79 Å². The zero-order chi connectivity index (χ0) is 12.3. The number of nitrogens with zero attached hydrogens (tertiary/aromatic N) is 1. The van der Waals surface area contributed by atoms with Crippen molar-refractivity contribution in [3.63, 3.8) is 0 Å². The maximum Gasteiger partial charge on any atom is 0.347 e. The van der Waals surface area contributed by atoms with Crippen LogP contribution in [0.3, 0.4) is 0 Å². The molecule has 1 heterocycles. The highest BCUT2D eigenvalue weighted by Gasteiger charge is 2.20. The monoisotopic (exact) mass is 242 g/mol. The van der Waals surface area contributed by atoms with Crippen LogP contribution in [0.25, 0.3) is 0 Å². The topological polar surface area (TPSA) is 76.2 Å². The zero-order valence-corrected chi connectivity index (χ0v) is 10.7. The number of rotatable bonds is 5. The number of carboxylic acids is 1. The lowest BCUT2D eigenvalue weighted by Gasteiger charge is -2.03. The molecule has 0 aliphatic rings. The normalized spacial score (nSPS) is 13.1. The molecule has 90 valence electrons. The summed E-state index contributed by atoms with van der Waals surface area (Å²) in [6.07, 6.45) is 0.704. The van der Waals surface area contributed by atoms with Crippen LogP contribution in [-0.2, 0) is 6.42 Å². The van der Waals surface area contributed by atoms with Crippen molar-refractivity contribution in [2.24, 2.45) is 11.7 Å². The van der Waals surface area contributed by atoms with Crippen molar-refractivity contribution in [1.82, 2.24) is 4.98 Å².